The Morgan fingerprint density at radius 3 is 2.32 bits per heavy atom. The molecule has 1 N–H and O–H groups in total. The zero-order valence-electron chi connectivity index (χ0n) is 22.2. The Morgan fingerprint density at radius 2 is 1.63 bits per heavy atom. The molecule has 0 radical (unpaired) electrons. The van der Waals surface area contributed by atoms with E-state index in [9.17, 15) is 26.4 Å². The molecular weight excluding hydrogens is 594 g/mol. The van der Waals surface area contributed by atoms with Crippen molar-refractivity contribution >= 4 is 54.9 Å². The van der Waals surface area contributed by atoms with Gasteiger partial charge < -0.3 is 14.8 Å². The van der Waals surface area contributed by atoms with Crippen LogP contribution in [0.2, 0.25) is 5.02 Å². The first-order chi connectivity index (χ1) is 19.4. The van der Waals surface area contributed by atoms with Crippen molar-refractivity contribution in [1.82, 2.24) is 4.31 Å². The average Bonchev–Trinajstić information content (AvgIpc) is 2.97. The number of sulfonamides is 2. The number of benzene rings is 3. The second kappa shape index (κ2) is 12.6. The lowest BCUT2D eigenvalue weighted by atomic mass is 10.2. The molecule has 11 nitrogen and oxygen atoms in total. The van der Waals surface area contributed by atoms with Crippen LogP contribution >= 0.6 is 11.6 Å². The van der Waals surface area contributed by atoms with E-state index in [2.05, 4.69) is 5.32 Å². The van der Waals surface area contributed by atoms with Crippen LogP contribution in [0.25, 0.3) is 0 Å². The fourth-order valence-electron chi connectivity index (χ4n) is 3.98. The number of ether oxygens (including phenoxy) is 2. The summed E-state index contributed by atoms with van der Waals surface area (Å²) < 4.78 is 64.9. The Morgan fingerprint density at radius 1 is 0.976 bits per heavy atom. The molecule has 0 unspecified atom stereocenters. The van der Waals surface area contributed by atoms with E-state index >= 15 is 0 Å². The molecule has 3 aromatic carbocycles. The van der Waals surface area contributed by atoms with Crippen LogP contribution in [0.4, 0.5) is 11.4 Å². The van der Waals surface area contributed by atoms with Gasteiger partial charge in [0.05, 0.1) is 39.3 Å². The van der Waals surface area contributed by atoms with Gasteiger partial charge in [-0.2, -0.15) is 4.31 Å². The summed E-state index contributed by atoms with van der Waals surface area (Å²) in [5, 5.41) is 2.49. The van der Waals surface area contributed by atoms with Crippen LogP contribution in [0, 0.1) is 6.92 Å². The van der Waals surface area contributed by atoms with Gasteiger partial charge in [0.2, 0.25) is 10.0 Å². The first-order valence-electron chi connectivity index (χ1n) is 12.4. The summed E-state index contributed by atoms with van der Waals surface area (Å²) in [5.41, 5.74) is 1.00. The number of nitrogens with zero attached hydrogens (tertiary/aromatic N) is 2. The molecule has 0 saturated carbocycles. The zero-order valence-corrected chi connectivity index (χ0v) is 24.6. The van der Waals surface area contributed by atoms with Crippen molar-refractivity contribution in [2.24, 2.45) is 0 Å². The minimum atomic E-state index is -4.04. The highest BCUT2D eigenvalue weighted by Crippen LogP contribution is 2.27. The van der Waals surface area contributed by atoms with E-state index in [0.29, 0.717) is 24.5 Å². The summed E-state index contributed by atoms with van der Waals surface area (Å²) in [5.74, 6) is -1.74. The molecule has 1 amide bonds. The Bertz CT molecular complexity index is 1660. The lowest BCUT2D eigenvalue weighted by Gasteiger charge is -2.26. The molecule has 14 heteroatoms. The second-order valence-corrected chi connectivity index (χ2v) is 13.4. The third-order valence-electron chi connectivity index (χ3n) is 6.36. The number of para-hydroxylation sites is 1. The molecule has 41 heavy (non-hydrogen) atoms. The molecule has 0 aromatic heterocycles. The molecular formula is C27H28ClN3O8S2. The molecule has 0 spiro atoms. The fourth-order valence-corrected chi connectivity index (χ4v) is 6.84. The van der Waals surface area contributed by atoms with E-state index in [0.717, 1.165) is 10.4 Å². The van der Waals surface area contributed by atoms with Gasteiger partial charge in [-0.15, -0.1) is 0 Å². The molecule has 1 heterocycles. The van der Waals surface area contributed by atoms with Crippen LogP contribution in [0.3, 0.4) is 0 Å². The lowest BCUT2D eigenvalue weighted by Crippen LogP contribution is -2.40. The van der Waals surface area contributed by atoms with E-state index < -0.39 is 38.5 Å². The van der Waals surface area contributed by atoms with Crippen molar-refractivity contribution in [2.45, 2.75) is 16.7 Å². The Labute approximate surface area is 243 Å². The lowest BCUT2D eigenvalue weighted by molar-refractivity contribution is -0.119. The molecule has 3 aromatic rings. The SMILES string of the molecule is Cc1ccc(S(=O)(=O)N2CCOCC2)cc1NC(=O)COC(=O)c1cc(S(=O)(=O)N(C)c2ccccc2)ccc1Cl. The van der Waals surface area contributed by atoms with Gasteiger partial charge in [-0.05, 0) is 55.0 Å². The predicted octanol–water partition coefficient (Wildman–Crippen LogP) is 3.29. The summed E-state index contributed by atoms with van der Waals surface area (Å²) in [4.78, 5) is 25.2. The van der Waals surface area contributed by atoms with Gasteiger partial charge in [-0.3, -0.25) is 9.10 Å². The third kappa shape index (κ3) is 6.88. The van der Waals surface area contributed by atoms with Crippen molar-refractivity contribution in [3.8, 4) is 0 Å². The van der Waals surface area contributed by atoms with Crippen molar-refractivity contribution in [3.05, 3.63) is 82.9 Å². The van der Waals surface area contributed by atoms with Gasteiger partial charge in [-0.1, -0.05) is 35.9 Å². The normalized spacial score (nSPS) is 14.3. The Balaban J connectivity index is 1.45. The van der Waals surface area contributed by atoms with Crippen LogP contribution in [0.15, 0.2) is 76.5 Å². The largest absolute Gasteiger partial charge is 0.452 e. The number of nitrogens with one attached hydrogen (secondary N) is 1. The molecule has 1 fully saturated rings. The van der Waals surface area contributed by atoms with Gasteiger partial charge >= 0.3 is 5.97 Å². The standard InChI is InChI=1S/C27H28ClN3O8S2/c1-19-8-9-22(41(36,37)31-12-14-38-15-13-31)17-25(19)29-26(32)18-39-27(33)23-16-21(10-11-24(23)28)40(34,35)30(2)20-6-4-3-5-7-20/h3-11,16-17H,12-15,18H2,1-2H3,(H,29,32). The van der Waals surface area contributed by atoms with Crippen LogP contribution in [0.5, 0.6) is 0 Å². The molecule has 1 aliphatic heterocycles. The third-order valence-corrected chi connectivity index (χ3v) is 10.4. The van der Waals surface area contributed by atoms with Gasteiger partial charge in [0, 0.05) is 25.8 Å². The molecule has 0 bridgehead atoms. The quantitative estimate of drug-likeness (QED) is 0.359. The molecule has 0 aliphatic carbocycles. The first kappa shape index (κ1) is 30.5. The van der Waals surface area contributed by atoms with E-state index in [1.54, 1.807) is 43.3 Å². The maximum atomic E-state index is 13.1. The summed E-state index contributed by atoms with van der Waals surface area (Å²) in [6.07, 6.45) is 0. The van der Waals surface area contributed by atoms with Crippen molar-refractivity contribution in [2.75, 3.05) is 49.6 Å². The summed E-state index contributed by atoms with van der Waals surface area (Å²) >= 11 is 6.15. The first-order valence-corrected chi connectivity index (χ1v) is 15.7. The highest BCUT2D eigenvalue weighted by Gasteiger charge is 2.27. The number of hydrogen-bond donors (Lipinski definition) is 1. The van der Waals surface area contributed by atoms with Crippen molar-refractivity contribution in [3.63, 3.8) is 0 Å². The zero-order chi connectivity index (χ0) is 29.8. The van der Waals surface area contributed by atoms with E-state index in [4.69, 9.17) is 21.1 Å². The summed E-state index contributed by atoms with van der Waals surface area (Å²) in [6.45, 7) is 2.00. The second-order valence-electron chi connectivity index (χ2n) is 9.07. The molecule has 0 atom stereocenters. The van der Waals surface area contributed by atoms with Crippen LogP contribution in [0.1, 0.15) is 15.9 Å². The number of hydrogen-bond acceptors (Lipinski definition) is 8. The maximum Gasteiger partial charge on any atom is 0.340 e. The number of anilines is 2. The highest BCUT2D eigenvalue weighted by molar-refractivity contribution is 7.92. The highest BCUT2D eigenvalue weighted by atomic mass is 35.5. The van der Waals surface area contributed by atoms with Crippen molar-refractivity contribution in [1.29, 1.82) is 0 Å². The number of amides is 1. The minimum absolute atomic E-state index is 0.00238. The van der Waals surface area contributed by atoms with Crippen LogP contribution < -0.4 is 9.62 Å². The maximum absolute atomic E-state index is 13.1. The monoisotopic (exact) mass is 621 g/mol. The van der Waals surface area contributed by atoms with Crippen LogP contribution in [-0.2, 0) is 34.3 Å². The Kier molecular flexibility index (Phi) is 9.34. The number of carbonyl (C=O) groups is 2. The van der Waals surface area contributed by atoms with Crippen LogP contribution in [-0.4, -0.2) is 73.0 Å². The minimum Gasteiger partial charge on any atom is -0.452 e. The number of carbonyl (C=O) groups excluding carboxylic acids is 2. The molecule has 4 rings (SSSR count). The number of halogens is 1. The Hall–Kier alpha value is -3.49. The van der Waals surface area contributed by atoms with Gasteiger partial charge in [0.15, 0.2) is 6.61 Å². The number of morpholine rings is 1. The van der Waals surface area contributed by atoms with Gasteiger partial charge in [0.25, 0.3) is 15.9 Å². The molecule has 1 saturated heterocycles. The van der Waals surface area contributed by atoms with Crippen molar-refractivity contribution < 1.29 is 35.9 Å². The van der Waals surface area contributed by atoms with E-state index in [1.807, 2.05) is 0 Å². The summed E-state index contributed by atoms with van der Waals surface area (Å²) in [7, 11) is -6.45. The predicted molar refractivity (Wildman–Crippen MR) is 153 cm³/mol. The molecule has 1 aliphatic rings. The average molecular weight is 622 g/mol. The van der Waals surface area contributed by atoms with E-state index in [-0.39, 0.29) is 39.2 Å². The smallest absolute Gasteiger partial charge is 0.340 e. The number of rotatable bonds is 9. The topological polar surface area (TPSA) is 139 Å². The van der Waals surface area contributed by atoms with Gasteiger partial charge in [-0.25, -0.2) is 21.6 Å². The fraction of sp³-hybridized carbons (Fsp3) is 0.259. The molecule has 218 valence electrons. The number of aryl methyl sites for hydroxylation is 1. The summed E-state index contributed by atoms with van der Waals surface area (Å²) in [6, 6.07) is 16.3. The number of esters is 1. The van der Waals surface area contributed by atoms with E-state index in [1.165, 1.54) is 35.6 Å². The van der Waals surface area contributed by atoms with Gasteiger partial charge in [0.1, 0.15) is 0 Å².